The fourth-order valence-electron chi connectivity index (χ4n) is 2.34. The summed E-state index contributed by atoms with van der Waals surface area (Å²) in [5.74, 6) is 0.0717. The van der Waals surface area contributed by atoms with Crippen LogP contribution in [0.4, 0.5) is 5.88 Å². The molecule has 5 heteroatoms. The van der Waals surface area contributed by atoms with Crippen molar-refractivity contribution in [3.63, 3.8) is 0 Å². The summed E-state index contributed by atoms with van der Waals surface area (Å²) >= 11 is 0. The number of hydrogen-bond acceptors (Lipinski definition) is 5. The lowest BCUT2D eigenvalue weighted by Crippen LogP contribution is -2.12. The van der Waals surface area contributed by atoms with Gasteiger partial charge in [-0.25, -0.2) is 4.79 Å². The third kappa shape index (κ3) is 1.89. The van der Waals surface area contributed by atoms with Gasteiger partial charge in [0, 0.05) is 0 Å². The second kappa shape index (κ2) is 4.55. The molecule has 0 radical (unpaired) electrons. The smallest absolute Gasteiger partial charge is 0.360 e. The van der Waals surface area contributed by atoms with Gasteiger partial charge >= 0.3 is 5.97 Å². The highest BCUT2D eigenvalue weighted by atomic mass is 16.5. The minimum atomic E-state index is -0.471. The third-order valence-corrected chi connectivity index (χ3v) is 3.15. The second-order valence-electron chi connectivity index (χ2n) is 4.14. The number of aromatic nitrogens is 1. The average Bonchev–Trinajstić information content (AvgIpc) is 2.71. The Morgan fingerprint density at radius 1 is 1.44 bits per heavy atom. The number of carbonyl (C=O) groups excluding carboxylic acids is 1. The molecule has 2 rings (SSSR count). The lowest BCUT2D eigenvalue weighted by atomic mass is 9.84. The van der Waals surface area contributed by atoms with Gasteiger partial charge in [-0.05, 0) is 18.8 Å². The fourth-order valence-corrected chi connectivity index (χ4v) is 2.34. The molecule has 0 spiro atoms. The number of carbonyl (C=O) groups is 1. The van der Waals surface area contributed by atoms with E-state index in [0.29, 0.717) is 0 Å². The first-order chi connectivity index (χ1) is 7.74. The molecule has 0 atom stereocenters. The van der Waals surface area contributed by atoms with E-state index in [1.54, 1.807) is 0 Å². The highest BCUT2D eigenvalue weighted by molar-refractivity contribution is 5.90. The fraction of sp³-hybridized carbons (Fsp3) is 0.636. The summed E-state index contributed by atoms with van der Waals surface area (Å²) in [4.78, 5) is 11.5. The molecule has 1 heterocycles. The molecule has 0 unspecified atom stereocenters. The van der Waals surface area contributed by atoms with Crippen molar-refractivity contribution >= 4 is 11.9 Å². The molecule has 1 fully saturated rings. The van der Waals surface area contributed by atoms with Crippen molar-refractivity contribution in [2.45, 2.75) is 38.0 Å². The molecular formula is C11H16N2O3. The van der Waals surface area contributed by atoms with Crippen LogP contribution in [0.5, 0.6) is 0 Å². The topological polar surface area (TPSA) is 78.3 Å². The van der Waals surface area contributed by atoms with E-state index < -0.39 is 5.97 Å². The number of rotatable bonds is 2. The van der Waals surface area contributed by atoms with E-state index in [0.717, 1.165) is 31.2 Å². The highest BCUT2D eigenvalue weighted by Crippen LogP contribution is 2.37. The number of anilines is 1. The molecule has 0 amide bonds. The number of hydrogen-bond donors (Lipinski definition) is 1. The predicted molar refractivity (Wildman–Crippen MR) is 58.1 cm³/mol. The summed E-state index contributed by atoms with van der Waals surface area (Å²) in [6, 6.07) is 0. The van der Waals surface area contributed by atoms with Crippen LogP contribution in [0.25, 0.3) is 0 Å². The summed E-state index contributed by atoms with van der Waals surface area (Å²) in [7, 11) is 1.33. The quantitative estimate of drug-likeness (QED) is 0.778. The Morgan fingerprint density at radius 3 is 2.75 bits per heavy atom. The van der Waals surface area contributed by atoms with E-state index in [9.17, 15) is 4.79 Å². The number of nitrogens with two attached hydrogens (primary N) is 1. The molecule has 0 bridgehead atoms. The van der Waals surface area contributed by atoms with Crippen molar-refractivity contribution in [2.75, 3.05) is 12.8 Å². The van der Waals surface area contributed by atoms with Crippen molar-refractivity contribution in [2.24, 2.45) is 0 Å². The molecule has 0 aliphatic heterocycles. The van der Waals surface area contributed by atoms with E-state index >= 15 is 0 Å². The first-order valence-corrected chi connectivity index (χ1v) is 5.57. The van der Waals surface area contributed by atoms with Gasteiger partial charge in [0.1, 0.15) is 0 Å². The van der Waals surface area contributed by atoms with E-state index in [2.05, 4.69) is 9.89 Å². The first kappa shape index (κ1) is 11.0. The van der Waals surface area contributed by atoms with Crippen LogP contribution in [0.2, 0.25) is 0 Å². The second-order valence-corrected chi connectivity index (χ2v) is 4.14. The van der Waals surface area contributed by atoms with Gasteiger partial charge in [-0.2, -0.15) is 0 Å². The van der Waals surface area contributed by atoms with Crippen LogP contribution < -0.4 is 5.73 Å². The van der Waals surface area contributed by atoms with Gasteiger partial charge in [-0.3, -0.25) is 0 Å². The Hall–Kier alpha value is -1.52. The van der Waals surface area contributed by atoms with Crippen molar-refractivity contribution in [3.05, 3.63) is 11.3 Å². The van der Waals surface area contributed by atoms with Gasteiger partial charge in [0.2, 0.25) is 5.88 Å². The summed E-state index contributed by atoms with van der Waals surface area (Å²) in [6.45, 7) is 0. The summed E-state index contributed by atoms with van der Waals surface area (Å²) < 4.78 is 9.56. The lowest BCUT2D eigenvalue weighted by Gasteiger charge is -2.20. The first-order valence-electron chi connectivity index (χ1n) is 5.57. The minimum absolute atomic E-state index is 0.243. The molecule has 88 valence electrons. The van der Waals surface area contributed by atoms with E-state index in [-0.39, 0.29) is 17.5 Å². The molecule has 1 aromatic rings. The van der Waals surface area contributed by atoms with E-state index in [4.69, 9.17) is 10.3 Å². The molecule has 1 aliphatic rings. The van der Waals surface area contributed by atoms with E-state index in [1.807, 2.05) is 0 Å². The predicted octanol–water partition coefficient (Wildman–Crippen LogP) is 2.09. The summed E-state index contributed by atoms with van der Waals surface area (Å²) in [6.07, 6.45) is 5.64. The zero-order valence-corrected chi connectivity index (χ0v) is 9.36. The number of methoxy groups -OCH3 is 1. The zero-order chi connectivity index (χ0) is 11.5. The highest BCUT2D eigenvalue weighted by Gasteiger charge is 2.28. The largest absolute Gasteiger partial charge is 0.464 e. The molecule has 16 heavy (non-hydrogen) atoms. The SMILES string of the molecule is COC(=O)c1noc(N)c1C1CCCCC1. The van der Waals surface area contributed by atoms with Crippen LogP contribution in [0, 0.1) is 0 Å². The molecule has 0 saturated heterocycles. The Kier molecular flexibility index (Phi) is 3.12. The van der Waals surface area contributed by atoms with Gasteiger partial charge in [0.05, 0.1) is 12.7 Å². The molecular weight excluding hydrogens is 208 g/mol. The van der Waals surface area contributed by atoms with Crippen LogP contribution in [0.1, 0.15) is 54.1 Å². The Labute approximate surface area is 93.9 Å². The Balaban J connectivity index is 2.30. The summed E-state index contributed by atoms with van der Waals surface area (Å²) in [5, 5.41) is 3.69. The molecule has 1 aliphatic carbocycles. The number of nitrogen functional groups attached to an aromatic ring is 1. The Morgan fingerprint density at radius 2 is 2.12 bits per heavy atom. The van der Waals surface area contributed by atoms with Crippen LogP contribution in [-0.2, 0) is 4.74 Å². The standard InChI is InChI=1S/C11H16N2O3/c1-15-11(14)9-8(10(12)16-13-9)7-5-3-2-4-6-7/h7H,2-6,12H2,1H3. The minimum Gasteiger partial charge on any atom is -0.464 e. The van der Waals surface area contributed by atoms with Crippen LogP contribution >= 0.6 is 0 Å². The Bertz CT molecular complexity index is 381. The molecule has 2 N–H and O–H groups in total. The number of nitrogens with zero attached hydrogens (tertiary/aromatic N) is 1. The third-order valence-electron chi connectivity index (χ3n) is 3.15. The summed E-state index contributed by atoms with van der Waals surface area (Å²) in [5.41, 5.74) is 6.71. The monoisotopic (exact) mass is 224 g/mol. The molecule has 0 aromatic carbocycles. The number of ether oxygens (including phenoxy) is 1. The average molecular weight is 224 g/mol. The lowest BCUT2D eigenvalue weighted by molar-refractivity contribution is 0.0587. The van der Waals surface area contributed by atoms with Crippen molar-refractivity contribution in [3.8, 4) is 0 Å². The van der Waals surface area contributed by atoms with Crippen molar-refractivity contribution in [1.82, 2.24) is 5.16 Å². The normalized spacial score (nSPS) is 17.3. The maximum Gasteiger partial charge on any atom is 0.360 e. The zero-order valence-electron chi connectivity index (χ0n) is 9.36. The maximum atomic E-state index is 11.5. The van der Waals surface area contributed by atoms with Crippen LogP contribution in [0.3, 0.4) is 0 Å². The number of esters is 1. The van der Waals surface area contributed by atoms with Gasteiger partial charge in [-0.1, -0.05) is 24.4 Å². The van der Waals surface area contributed by atoms with Crippen molar-refractivity contribution in [1.29, 1.82) is 0 Å². The van der Waals surface area contributed by atoms with Crippen LogP contribution in [0.15, 0.2) is 4.52 Å². The molecule has 1 aromatic heterocycles. The van der Waals surface area contributed by atoms with Gasteiger partial charge < -0.3 is 15.0 Å². The molecule has 1 saturated carbocycles. The van der Waals surface area contributed by atoms with Gasteiger partial charge in [0.25, 0.3) is 0 Å². The van der Waals surface area contributed by atoms with Crippen molar-refractivity contribution < 1.29 is 14.1 Å². The van der Waals surface area contributed by atoms with E-state index in [1.165, 1.54) is 13.5 Å². The maximum absolute atomic E-state index is 11.5. The van der Waals surface area contributed by atoms with Gasteiger partial charge in [0.15, 0.2) is 5.69 Å². The molecule has 5 nitrogen and oxygen atoms in total. The van der Waals surface area contributed by atoms with Crippen LogP contribution in [-0.4, -0.2) is 18.2 Å². The van der Waals surface area contributed by atoms with Gasteiger partial charge in [-0.15, -0.1) is 0 Å².